The summed E-state index contributed by atoms with van der Waals surface area (Å²) in [5.74, 6) is -0.466. The summed E-state index contributed by atoms with van der Waals surface area (Å²) in [7, 11) is -0.905. The molecule has 0 aliphatic heterocycles. The Morgan fingerprint density at radius 1 is 1.57 bits per heavy atom. The van der Waals surface area contributed by atoms with E-state index in [1.165, 1.54) is 11.3 Å². The highest BCUT2D eigenvalue weighted by Gasteiger charge is 2.11. The average Bonchev–Trinajstić information content (AvgIpc) is 2.52. The fourth-order valence-electron chi connectivity index (χ4n) is 0.877. The maximum Gasteiger partial charge on any atom is 0.345 e. The summed E-state index contributed by atoms with van der Waals surface area (Å²) in [5.41, 5.74) is 0. The van der Waals surface area contributed by atoms with E-state index >= 15 is 0 Å². The normalized spacial score (nSPS) is 13.1. The Labute approximate surface area is 89.2 Å². The fourth-order valence-corrected chi connectivity index (χ4v) is 2.81. The molecule has 1 atom stereocenters. The standard InChI is InChI=1S/C9H12O3S2/c1-6(2)14(12)5-7-3-4-8(13-7)9(10)11/h3-4,6H,5H2,1-2H3,(H,10,11). The summed E-state index contributed by atoms with van der Waals surface area (Å²) in [6, 6.07) is 3.29. The molecule has 3 nitrogen and oxygen atoms in total. The van der Waals surface area contributed by atoms with Crippen molar-refractivity contribution in [1.82, 2.24) is 0 Å². The van der Waals surface area contributed by atoms with E-state index in [0.717, 1.165) is 4.88 Å². The van der Waals surface area contributed by atoms with Crippen LogP contribution in [0, 0.1) is 0 Å². The van der Waals surface area contributed by atoms with Crippen molar-refractivity contribution in [3.63, 3.8) is 0 Å². The van der Waals surface area contributed by atoms with Gasteiger partial charge in [-0.3, -0.25) is 4.21 Å². The maximum absolute atomic E-state index is 11.5. The first-order chi connectivity index (χ1) is 6.50. The van der Waals surface area contributed by atoms with Crippen LogP contribution in [-0.4, -0.2) is 20.5 Å². The average molecular weight is 232 g/mol. The largest absolute Gasteiger partial charge is 0.477 e. The van der Waals surface area contributed by atoms with Gasteiger partial charge in [-0.1, -0.05) is 13.8 Å². The molecule has 0 amide bonds. The number of rotatable bonds is 4. The van der Waals surface area contributed by atoms with Crippen LogP contribution in [0.2, 0.25) is 0 Å². The van der Waals surface area contributed by atoms with Crippen LogP contribution in [0.3, 0.4) is 0 Å². The van der Waals surface area contributed by atoms with Gasteiger partial charge in [0.2, 0.25) is 0 Å². The molecule has 0 bridgehead atoms. The van der Waals surface area contributed by atoms with Gasteiger partial charge >= 0.3 is 5.97 Å². The minimum atomic E-state index is -0.920. The third-order valence-corrected chi connectivity index (χ3v) is 4.59. The first kappa shape index (κ1) is 11.4. The molecular weight excluding hydrogens is 220 g/mol. The second-order valence-electron chi connectivity index (χ2n) is 3.14. The van der Waals surface area contributed by atoms with Crippen molar-refractivity contribution >= 4 is 28.1 Å². The van der Waals surface area contributed by atoms with Crippen LogP contribution < -0.4 is 0 Å². The van der Waals surface area contributed by atoms with Crippen molar-refractivity contribution in [1.29, 1.82) is 0 Å². The van der Waals surface area contributed by atoms with Crippen LogP contribution in [0.1, 0.15) is 28.4 Å². The molecular formula is C9H12O3S2. The molecule has 0 saturated heterocycles. The number of carboxylic acid groups (broad SMARTS) is 1. The molecule has 1 heterocycles. The van der Waals surface area contributed by atoms with Crippen LogP contribution in [-0.2, 0) is 16.6 Å². The SMILES string of the molecule is CC(C)S(=O)Cc1ccc(C(=O)O)s1. The van der Waals surface area contributed by atoms with Gasteiger partial charge in [0.15, 0.2) is 0 Å². The zero-order chi connectivity index (χ0) is 10.7. The minimum Gasteiger partial charge on any atom is -0.477 e. The summed E-state index contributed by atoms with van der Waals surface area (Å²) < 4.78 is 11.5. The fraction of sp³-hybridized carbons (Fsp3) is 0.444. The molecule has 0 aliphatic rings. The Balaban J connectivity index is 2.69. The Morgan fingerprint density at radius 3 is 2.64 bits per heavy atom. The Morgan fingerprint density at radius 2 is 2.21 bits per heavy atom. The van der Waals surface area contributed by atoms with Crippen molar-refractivity contribution < 1.29 is 14.1 Å². The maximum atomic E-state index is 11.5. The Hall–Kier alpha value is -0.680. The number of thiophene rings is 1. The first-order valence-corrected chi connectivity index (χ1v) is 6.39. The monoisotopic (exact) mass is 232 g/mol. The van der Waals surface area contributed by atoms with E-state index in [1.807, 2.05) is 13.8 Å². The summed E-state index contributed by atoms with van der Waals surface area (Å²) in [5, 5.41) is 8.79. The van der Waals surface area contributed by atoms with E-state index in [0.29, 0.717) is 10.6 Å². The second-order valence-corrected chi connectivity index (χ2v) is 6.31. The van der Waals surface area contributed by atoms with E-state index < -0.39 is 16.8 Å². The molecule has 1 unspecified atom stereocenters. The molecule has 0 spiro atoms. The predicted octanol–water partition coefficient (Wildman–Crippen LogP) is 2.10. The smallest absolute Gasteiger partial charge is 0.345 e. The van der Waals surface area contributed by atoms with Gasteiger partial charge in [-0.25, -0.2) is 4.79 Å². The lowest BCUT2D eigenvalue weighted by molar-refractivity contribution is 0.0702. The van der Waals surface area contributed by atoms with Crippen molar-refractivity contribution in [2.75, 3.05) is 0 Å². The van der Waals surface area contributed by atoms with Gasteiger partial charge in [-0.05, 0) is 12.1 Å². The van der Waals surface area contributed by atoms with Gasteiger partial charge in [0.25, 0.3) is 0 Å². The van der Waals surface area contributed by atoms with Gasteiger partial charge in [0.1, 0.15) is 4.88 Å². The lowest BCUT2D eigenvalue weighted by Gasteiger charge is -2.02. The molecule has 5 heteroatoms. The summed E-state index contributed by atoms with van der Waals surface area (Å²) >= 11 is 1.19. The highest BCUT2D eigenvalue weighted by Crippen LogP contribution is 2.18. The zero-order valence-electron chi connectivity index (χ0n) is 8.02. The zero-order valence-corrected chi connectivity index (χ0v) is 9.65. The van der Waals surface area contributed by atoms with E-state index in [2.05, 4.69) is 0 Å². The van der Waals surface area contributed by atoms with Crippen LogP contribution in [0.4, 0.5) is 0 Å². The summed E-state index contributed by atoms with van der Waals surface area (Å²) in [6.07, 6.45) is 0. The van der Waals surface area contributed by atoms with E-state index in [4.69, 9.17) is 5.11 Å². The third kappa shape index (κ3) is 2.92. The van der Waals surface area contributed by atoms with Gasteiger partial charge in [0, 0.05) is 20.9 Å². The van der Waals surface area contributed by atoms with Crippen molar-refractivity contribution in [3.05, 3.63) is 21.9 Å². The minimum absolute atomic E-state index is 0.116. The number of aromatic carboxylic acids is 1. The quantitative estimate of drug-likeness (QED) is 0.865. The highest BCUT2D eigenvalue weighted by atomic mass is 32.2. The van der Waals surface area contributed by atoms with Crippen molar-refractivity contribution in [2.24, 2.45) is 0 Å². The van der Waals surface area contributed by atoms with Gasteiger partial charge in [-0.2, -0.15) is 0 Å². The van der Waals surface area contributed by atoms with E-state index in [9.17, 15) is 9.00 Å². The van der Waals surface area contributed by atoms with E-state index in [1.54, 1.807) is 12.1 Å². The number of carboxylic acids is 1. The van der Waals surface area contributed by atoms with E-state index in [-0.39, 0.29) is 5.25 Å². The van der Waals surface area contributed by atoms with Crippen LogP contribution in [0.15, 0.2) is 12.1 Å². The summed E-state index contributed by atoms with van der Waals surface area (Å²) in [6.45, 7) is 3.78. The molecule has 0 saturated carbocycles. The van der Waals surface area contributed by atoms with Crippen molar-refractivity contribution in [2.45, 2.75) is 24.9 Å². The molecule has 0 aromatic carbocycles. The van der Waals surface area contributed by atoms with Crippen molar-refractivity contribution in [3.8, 4) is 0 Å². The molecule has 1 aromatic rings. The number of hydrogen-bond donors (Lipinski definition) is 1. The van der Waals surface area contributed by atoms with Crippen LogP contribution in [0.5, 0.6) is 0 Å². The first-order valence-electron chi connectivity index (χ1n) is 4.20. The Kier molecular flexibility index (Phi) is 3.83. The molecule has 14 heavy (non-hydrogen) atoms. The molecule has 1 aromatic heterocycles. The third-order valence-electron chi connectivity index (χ3n) is 1.68. The Bertz CT molecular complexity index is 355. The molecule has 0 radical (unpaired) electrons. The van der Waals surface area contributed by atoms with Gasteiger partial charge in [-0.15, -0.1) is 11.3 Å². The second kappa shape index (κ2) is 4.70. The topological polar surface area (TPSA) is 54.4 Å². The molecule has 0 aliphatic carbocycles. The molecule has 1 rings (SSSR count). The van der Waals surface area contributed by atoms with Gasteiger partial charge in [0.05, 0.1) is 5.75 Å². The highest BCUT2D eigenvalue weighted by molar-refractivity contribution is 7.84. The van der Waals surface area contributed by atoms with Crippen LogP contribution in [0.25, 0.3) is 0 Å². The summed E-state index contributed by atoms with van der Waals surface area (Å²) in [4.78, 5) is 11.7. The predicted molar refractivity (Wildman–Crippen MR) is 58.3 cm³/mol. The molecule has 0 fully saturated rings. The van der Waals surface area contributed by atoms with Crippen LogP contribution >= 0.6 is 11.3 Å². The van der Waals surface area contributed by atoms with Gasteiger partial charge < -0.3 is 5.11 Å². The lowest BCUT2D eigenvalue weighted by atomic mass is 10.4. The molecule has 1 N–H and O–H groups in total. The number of carbonyl (C=O) groups is 1. The molecule has 78 valence electrons. The lowest BCUT2D eigenvalue weighted by Crippen LogP contribution is -2.06. The number of hydrogen-bond acceptors (Lipinski definition) is 3.